The number of carbonyl (C=O) groups excluding carboxylic acids is 2. The van der Waals surface area contributed by atoms with E-state index in [1.165, 1.54) is 28.8 Å². The largest absolute Gasteiger partial charge is 0.478 e. The van der Waals surface area contributed by atoms with Crippen molar-refractivity contribution in [3.8, 4) is 0 Å². The second-order valence-corrected chi connectivity index (χ2v) is 5.69. The van der Waals surface area contributed by atoms with Gasteiger partial charge in [-0.15, -0.1) is 11.8 Å². The molecule has 1 aromatic rings. The number of esters is 1. The maximum absolute atomic E-state index is 11.9. The molecular weight excluding hydrogens is 294 g/mol. The number of aromatic carboxylic acids is 1. The van der Waals surface area contributed by atoms with E-state index in [1.807, 2.05) is 0 Å². The zero-order valence-corrected chi connectivity index (χ0v) is 11.6. The zero-order valence-electron chi connectivity index (χ0n) is 10.8. The fourth-order valence-electron chi connectivity index (χ4n) is 2.10. The molecule has 0 bridgehead atoms. The number of β-lactam (4-membered cyclic amide) rings is 1. The third-order valence-corrected chi connectivity index (χ3v) is 4.33. The number of carboxylic acid groups (broad SMARTS) is 1. The van der Waals surface area contributed by atoms with Crippen LogP contribution in [0.4, 0.5) is 0 Å². The Balaban J connectivity index is 1.59. The fraction of sp³-hybridized carbons (Fsp3) is 0.214. The second kappa shape index (κ2) is 5.25. The zero-order chi connectivity index (χ0) is 15.0. The van der Waals surface area contributed by atoms with Crippen LogP contribution in [0.2, 0.25) is 0 Å². The van der Waals surface area contributed by atoms with Crippen molar-refractivity contribution >= 4 is 29.6 Å². The Kier molecular flexibility index (Phi) is 3.42. The molecule has 0 radical (unpaired) electrons. The topological polar surface area (TPSA) is 83.9 Å². The van der Waals surface area contributed by atoms with Gasteiger partial charge in [0.2, 0.25) is 5.91 Å². The number of ether oxygens (including phenoxy) is 1. The van der Waals surface area contributed by atoms with Gasteiger partial charge in [0.1, 0.15) is 12.3 Å². The van der Waals surface area contributed by atoms with E-state index in [2.05, 4.69) is 0 Å². The molecule has 1 saturated heterocycles. The van der Waals surface area contributed by atoms with Gasteiger partial charge >= 0.3 is 11.9 Å². The second-order valence-electron chi connectivity index (χ2n) is 4.64. The van der Waals surface area contributed by atoms with Crippen molar-refractivity contribution in [2.45, 2.75) is 18.4 Å². The Morgan fingerprint density at radius 2 is 2.05 bits per heavy atom. The van der Waals surface area contributed by atoms with Crippen LogP contribution in [0.15, 0.2) is 35.4 Å². The Bertz CT molecular complexity index is 652. The summed E-state index contributed by atoms with van der Waals surface area (Å²) in [5, 5.41) is 10.5. The molecule has 2 heterocycles. The quantitative estimate of drug-likeness (QED) is 0.671. The maximum Gasteiger partial charge on any atom is 0.355 e. The monoisotopic (exact) mass is 305 g/mol. The minimum atomic E-state index is -1.01. The van der Waals surface area contributed by atoms with Gasteiger partial charge < -0.3 is 9.84 Å². The standard InChI is InChI=1S/C14H11NO5S/c16-11-5-12-15(11)10(7-21-12)14(19)20-6-8-1-3-9(4-2-8)13(17)18/h1-4,7,12H,5-6H2,(H,17,18)/t12-/m0/s1. The average Bonchev–Trinajstić information content (AvgIpc) is 2.82. The van der Waals surface area contributed by atoms with Gasteiger partial charge in [0.15, 0.2) is 0 Å². The molecule has 6 nitrogen and oxygen atoms in total. The number of thioether (sulfide) groups is 1. The highest BCUT2D eigenvalue weighted by atomic mass is 32.2. The van der Waals surface area contributed by atoms with E-state index in [4.69, 9.17) is 9.84 Å². The number of carbonyl (C=O) groups is 3. The van der Waals surface area contributed by atoms with E-state index in [1.54, 1.807) is 17.5 Å². The summed E-state index contributed by atoms with van der Waals surface area (Å²) in [6.07, 6.45) is 0.453. The Morgan fingerprint density at radius 1 is 1.33 bits per heavy atom. The van der Waals surface area contributed by atoms with Crippen molar-refractivity contribution in [3.05, 3.63) is 46.5 Å². The summed E-state index contributed by atoms with van der Waals surface area (Å²) in [5.41, 5.74) is 1.14. The van der Waals surface area contributed by atoms with Crippen LogP contribution < -0.4 is 0 Å². The highest BCUT2D eigenvalue weighted by molar-refractivity contribution is 8.03. The molecule has 2 aliphatic heterocycles. The SMILES string of the molecule is O=C(OCc1ccc(C(=O)O)cc1)C1=CS[C@H]2CC(=O)N12. The van der Waals surface area contributed by atoms with E-state index in [-0.39, 0.29) is 29.1 Å². The lowest BCUT2D eigenvalue weighted by Gasteiger charge is -2.34. The first-order chi connectivity index (χ1) is 10.1. The number of amides is 1. The van der Waals surface area contributed by atoms with E-state index >= 15 is 0 Å². The van der Waals surface area contributed by atoms with E-state index in [0.29, 0.717) is 12.0 Å². The van der Waals surface area contributed by atoms with Gasteiger partial charge in [-0.3, -0.25) is 9.69 Å². The first-order valence-electron chi connectivity index (χ1n) is 6.23. The maximum atomic E-state index is 11.9. The van der Waals surface area contributed by atoms with Gasteiger partial charge in [-0.25, -0.2) is 9.59 Å². The van der Waals surface area contributed by atoms with Crippen LogP contribution in [-0.4, -0.2) is 33.2 Å². The normalized spacial score (nSPS) is 19.6. The lowest BCUT2D eigenvalue weighted by Crippen LogP contribution is -2.48. The number of fused-ring (bicyclic) bond motifs is 1. The van der Waals surface area contributed by atoms with Crippen LogP contribution in [0.5, 0.6) is 0 Å². The minimum absolute atomic E-state index is 0.0352. The first kappa shape index (κ1) is 13.7. The Hall–Kier alpha value is -2.28. The Morgan fingerprint density at radius 3 is 2.67 bits per heavy atom. The van der Waals surface area contributed by atoms with Crippen molar-refractivity contribution in [1.82, 2.24) is 4.90 Å². The van der Waals surface area contributed by atoms with Crippen LogP contribution in [0, 0.1) is 0 Å². The molecule has 108 valence electrons. The number of benzene rings is 1. The lowest BCUT2D eigenvalue weighted by atomic mass is 10.1. The van der Waals surface area contributed by atoms with Crippen LogP contribution in [0.1, 0.15) is 22.3 Å². The van der Waals surface area contributed by atoms with Crippen molar-refractivity contribution in [2.75, 3.05) is 0 Å². The highest BCUT2D eigenvalue weighted by Gasteiger charge is 2.45. The highest BCUT2D eigenvalue weighted by Crippen LogP contribution is 2.41. The molecule has 1 aromatic carbocycles. The van der Waals surface area contributed by atoms with Crippen molar-refractivity contribution in [1.29, 1.82) is 0 Å². The summed E-state index contributed by atoms with van der Waals surface area (Å²) in [6.45, 7) is 0.0352. The molecule has 0 spiro atoms. The number of nitrogens with zero attached hydrogens (tertiary/aromatic N) is 1. The molecule has 0 saturated carbocycles. The summed E-state index contributed by atoms with van der Waals surface area (Å²) >= 11 is 1.44. The van der Waals surface area contributed by atoms with Gasteiger partial charge in [-0.2, -0.15) is 0 Å². The lowest BCUT2D eigenvalue weighted by molar-refractivity contribution is -0.149. The fourth-order valence-corrected chi connectivity index (χ4v) is 3.19. The molecule has 0 unspecified atom stereocenters. The summed E-state index contributed by atoms with van der Waals surface area (Å²) in [7, 11) is 0. The Labute approximate surface area is 124 Å². The van der Waals surface area contributed by atoms with Crippen LogP contribution in [-0.2, 0) is 20.9 Å². The van der Waals surface area contributed by atoms with Gasteiger partial charge in [0, 0.05) is 5.41 Å². The summed E-state index contributed by atoms with van der Waals surface area (Å²) < 4.78 is 5.15. The smallest absolute Gasteiger partial charge is 0.355 e. The molecule has 0 aromatic heterocycles. The molecule has 0 aliphatic carbocycles. The number of hydrogen-bond donors (Lipinski definition) is 1. The van der Waals surface area contributed by atoms with Crippen LogP contribution >= 0.6 is 11.8 Å². The van der Waals surface area contributed by atoms with Gasteiger partial charge in [-0.05, 0) is 17.7 Å². The molecule has 2 aliphatic rings. The molecule has 3 rings (SSSR count). The average molecular weight is 305 g/mol. The van der Waals surface area contributed by atoms with E-state index < -0.39 is 11.9 Å². The van der Waals surface area contributed by atoms with Crippen LogP contribution in [0.3, 0.4) is 0 Å². The van der Waals surface area contributed by atoms with Crippen molar-refractivity contribution in [2.24, 2.45) is 0 Å². The van der Waals surface area contributed by atoms with Crippen LogP contribution in [0.25, 0.3) is 0 Å². The first-order valence-corrected chi connectivity index (χ1v) is 7.17. The van der Waals surface area contributed by atoms with E-state index in [9.17, 15) is 14.4 Å². The van der Waals surface area contributed by atoms with E-state index in [0.717, 1.165) is 0 Å². The minimum Gasteiger partial charge on any atom is -0.478 e. The summed E-state index contributed by atoms with van der Waals surface area (Å²) in [6, 6.07) is 6.08. The third-order valence-electron chi connectivity index (χ3n) is 3.28. The molecule has 1 amide bonds. The van der Waals surface area contributed by atoms with Gasteiger partial charge in [-0.1, -0.05) is 12.1 Å². The summed E-state index contributed by atoms with van der Waals surface area (Å²) in [5.74, 6) is -1.62. The van der Waals surface area contributed by atoms with Gasteiger partial charge in [0.05, 0.1) is 17.4 Å². The predicted octanol–water partition coefficient (Wildman–Crippen LogP) is 1.57. The molecule has 1 fully saturated rings. The predicted molar refractivity (Wildman–Crippen MR) is 74.1 cm³/mol. The number of hydrogen-bond acceptors (Lipinski definition) is 5. The van der Waals surface area contributed by atoms with Crippen molar-refractivity contribution < 1.29 is 24.2 Å². The summed E-state index contributed by atoms with van der Waals surface area (Å²) in [4.78, 5) is 35.5. The third kappa shape index (κ3) is 2.52. The van der Waals surface area contributed by atoms with Gasteiger partial charge in [0.25, 0.3) is 0 Å². The molecule has 1 N–H and O–H groups in total. The molecule has 1 atom stereocenters. The van der Waals surface area contributed by atoms with Crippen molar-refractivity contribution in [3.63, 3.8) is 0 Å². The number of carboxylic acids is 1. The number of rotatable bonds is 4. The molecule has 21 heavy (non-hydrogen) atoms. The molecular formula is C14H11NO5S. The molecule has 7 heteroatoms.